The van der Waals surface area contributed by atoms with Gasteiger partial charge in [-0.2, -0.15) is 23.5 Å². The van der Waals surface area contributed by atoms with E-state index in [1.165, 1.54) is 22.9 Å². The normalized spacial score (nSPS) is 11.0. The number of aryl methyl sites for hydroxylation is 1. The van der Waals surface area contributed by atoms with Gasteiger partial charge in [-0.15, -0.1) is 0 Å². The van der Waals surface area contributed by atoms with E-state index in [1.807, 2.05) is 6.07 Å². The van der Waals surface area contributed by atoms with Gasteiger partial charge in [0.05, 0.1) is 31.1 Å². The number of nitriles is 1. The maximum atomic E-state index is 12.6. The minimum Gasteiger partial charge on any atom is -0.309 e. The molecule has 9 heteroatoms. The van der Waals surface area contributed by atoms with Crippen molar-refractivity contribution in [3.63, 3.8) is 0 Å². The van der Waals surface area contributed by atoms with Gasteiger partial charge in [-0.25, -0.2) is 4.98 Å². The van der Waals surface area contributed by atoms with Crippen LogP contribution in [0.4, 0.5) is 19.0 Å². The van der Waals surface area contributed by atoms with Crippen molar-refractivity contribution in [2.24, 2.45) is 0 Å². The smallest absolute Gasteiger partial charge is 0.309 e. The predicted molar refractivity (Wildman–Crippen MR) is 74.0 cm³/mol. The molecule has 0 aliphatic heterocycles. The quantitative estimate of drug-likeness (QED) is 0.916. The molecule has 0 aliphatic rings. The van der Waals surface area contributed by atoms with Gasteiger partial charge >= 0.3 is 6.18 Å². The van der Waals surface area contributed by atoms with E-state index in [2.05, 4.69) is 15.4 Å². The second kappa shape index (κ2) is 6.91. The van der Waals surface area contributed by atoms with Gasteiger partial charge in [0.25, 0.3) is 0 Å². The summed E-state index contributed by atoms with van der Waals surface area (Å²) in [7, 11) is 0. The molecule has 120 valence electrons. The standard InChI is InChI=1S/C14H12F3N5O/c15-14(16,17)11-4-1-3-10(19-11)9-13(23)20-12-5-8-22(21-12)7-2-6-18/h1,3-5,8H,2,7,9H2,(H,20,21,23). The molecule has 1 N–H and O–H groups in total. The van der Waals surface area contributed by atoms with Crippen LogP contribution >= 0.6 is 0 Å². The molecule has 0 aromatic carbocycles. The van der Waals surface area contributed by atoms with Crippen molar-refractivity contribution in [3.05, 3.63) is 41.9 Å². The van der Waals surface area contributed by atoms with Gasteiger partial charge < -0.3 is 5.32 Å². The van der Waals surface area contributed by atoms with E-state index in [9.17, 15) is 18.0 Å². The van der Waals surface area contributed by atoms with Crippen molar-refractivity contribution in [2.75, 3.05) is 5.32 Å². The fourth-order valence-electron chi connectivity index (χ4n) is 1.80. The lowest BCUT2D eigenvalue weighted by Crippen LogP contribution is -2.17. The highest BCUT2D eigenvalue weighted by molar-refractivity contribution is 5.91. The molecule has 0 saturated carbocycles. The maximum absolute atomic E-state index is 12.6. The second-order valence-corrected chi connectivity index (χ2v) is 4.61. The highest BCUT2D eigenvalue weighted by Crippen LogP contribution is 2.27. The first kappa shape index (κ1) is 16.5. The van der Waals surface area contributed by atoms with Crippen LogP contribution in [0.15, 0.2) is 30.5 Å². The van der Waals surface area contributed by atoms with Crippen LogP contribution in [-0.2, 0) is 23.9 Å². The number of rotatable bonds is 5. The zero-order valence-corrected chi connectivity index (χ0v) is 11.8. The zero-order chi connectivity index (χ0) is 16.9. The van der Waals surface area contributed by atoms with Gasteiger partial charge in [0, 0.05) is 12.3 Å². The van der Waals surface area contributed by atoms with Crippen molar-refractivity contribution in [1.82, 2.24) is 14.8 Å². The number of nitrogens with one attached hydrogen (secondary N) is 1. The van der Waals surface area contributed by atoms with Gasteiger partial charge in [-0.3, -0.25) is 9.48 Å². The van der Waals surface area contributed by atoms with Crippen molar-refractivity contribution < 1.29 is 18.0 Å². The highest BCUT2D eigenvalue weighted by Gasteiger charge is 2.32. The average molecular weight is 323 g/mol. The number of hydrogen-bond donors (Lipinski definition) is 1. The fourth-order valence-corrected chi connectivity index (χ4v) is 1.80. The molecule has 0 unspecified atom stereocenters. The minimum absolute atomic E-state index is 0.0150. The van der Waals surface area contributed by atoms with Crippen LogP contribution in [0.25, 0.3) is 0 Å². The fraction of sp³-hybridized carbons (Fsp3) is 0.286. The van der Waals surface area contributed by atoms with Crippen LogP contribution in [0.5, 0.6) is 0 Å². The van der Waals surface area contributed by atoms with Crippen molar-refractivity contribution in [2.45, 2.75) is 25.6 Å². The van der Waals surface area contributed by atoms with Crippen LogP contribution in [0.2, 0.25) is 0 Å². The predicted octanol–water partition coefficient (Wildman–Crippen LogP) is 2.39. The Balaban J connectivity index is 1.97. The van der Waals surface area contributed by atoms with Crippen molar-refractivity contribution >= 4 is 11.7 Å². The molecule has 2 aromatic rings. The Bertz CT molecular complexity index is 732. The molecule has 1 amide bonds. The Morgan fingerprint density at radius 2 is 2.13 bits per heavy atom. The molecule has 2 rings (SSSR count). The minimum atomic E-state index is -4.55. The lowest BCUT2D eigenvalue weighted by atomic mass is 10.2. The SMILES string of the molecule is N#CCCn1ccc(NC(=O)Cc2cccc(C(F)(F)F)n2)n1. The molecule has 0 fully saturated rings. The Morgan fingerprint density at radius 3 is 2.83 bits per heavy atom. The second-order valence-electron chi connectivity index (χ2n) is 4.61. The Hall–Kier alpha value is -2.89. The third-order valence-corrected chi connectivity index (χ3v) is 2.80. The molecule has 0 bridgehead atoms. The van der Waals surface area contributed by atoms with Crippen LogP contribution in [0, 0.1) is 11.3 Å². The summed E-state index contributed by atoms with van der Waals surface area (Å²) in [6.45, 7) is 0.390. The topological polar surface area (TPSA) is 83.6 Å². The number of aromatic nitrogens is 3. The summed E-state index contributed by atoms with van der Waals surface area (Å²) >= 11 is 0. The van der Waals surface area contributed by atoms with Crippen LogP contribution in [0.1, 0.15) is 17.8 Å². The summed E-state index contributed by atoms with van der Waals surface area (Å²) in [5.74, 6) is -0.262. The van der Waals surface area contributed by atoms with E-state index in [-0.39, 0.29) is 24.4 Å². The van der Waals surface area contributed by atoms with Gasteiger partial charge in [0.1, 0.15) is 5.69 Å². The Labute approximate surface area is 129 Å². The number of hydrogen-bond acceptors (Lipinski definition) is 4. The zero-order valence-electron chi connectivity index (χ0n) is 11.8. The molecule has 0 saturated heterocycles. The molecule has 0 aliphatic carbocycles. The van der Waals surface area contributed by atoms with Crippen LogP contribution in [0.3, 0.4) is 0 Å². The highest BCUT2D eigenvalue weighted by atomic mass is 19.4. The molecule has 2 aromatic heterocycles. The molecule has 23 heavy (non-hydrogen) atoms. The van der Waals surface area contributed by atoms with Crippen LogP contribution in [-0.4, -0.2) is 20.7 Å². The number of nitrogens with zero attached hydrogens (tertiary/aromatic N) is 4. The lowest BCUT2D eigenvalue weighted by Gasteiger charge is -2.07. The number of carbonyl (C=O) groups excluding carboxylic acids is 1. The first-order valence-electron chi connectivity index (χ1n) is 6.62. The number of halogens is 3. The van der Waals surface area contributed by atoms with Gasteiger partial charge in [-0.1, -0.05) is 6.07 Å². The van der Waals surface area contributed by atoms with E-state index >= 15 is 0 Å². The number of anilines is 1. The summed E-state index contributed by atoms with van der Waals surface area (Å²) in [6, 6.07) is 6.90. The van der Waals surface area contributed by atoms with Gasteiger partial charge in [0.15, 0.2) is 5.82 Å². The number of carbonyl (C=O) groups is 1. The summed E-state index contributed by atoms with van der Waals surface area (Å²) in [4.78, 5) is 15.3. The molecule has 2 heterocycles. The van der Waals surface area contributed by atoms with Crippen molar-refractivity contribution in [1.29, 1.82) is 5.26 Å². The summed E-state index contributed by atoms with van der Waals surface area (Å²) in [5, 5.41) is 15.0. The number of alkyl halides is 3. The van der Waals surface area contributed by atoms with E-state index in [1.54, 1.807) is 6.20 Å². The van der Waals surface area contributed by atoms with E-state index in [4.69, 9.17) is 5.26 Å². The monoisotopic (exact) mass is 323 g/mol. The third-order valence-electron chi connectivity index (χ3n) is 2.80. The van der Waals surface area contributed by atoms with E-state index in [0.29, 0.717) is 6.54 Å². The van der Waals surface area contributed by atoms with Gasteiger partial charge in [-0.05, 0) is 12.1 Å². The average Bonchev–Trinajstić information content (AvgIpc) is 2.91. The first-order valence-corrected chi connectivity index (χ1v) is 6.62. The molecular formula is C14H12F3N5O. The third kappa shape index (κ3) is 4.81. The van der Waals surface area contributed by atoms with Gasteiger partial charge in [0.2, 0.25) is 5.91 Å². The Kier molecular flexibility index (Phi) is 4.95. The first-order chi connectivity index (χ1) is 10.9. The van der Waals surface area contributed by atoms with E-state index < -0.39 is 17.8 Å². The largest absolute Gasteiger partial charge is 0.433 e. The lowest BCUT2D eigenvalue weighted by molar-refractivity contribution is -0.141. The molecular weight excluding hydrogens is 311 g/mol. The molecule has 0 atom stereocenters. The summed E-state index contributed by atoms with van der Waals surface area (Å²) < 4.78 is 39.2. The van der Waals surface area contributed by atoms with Crippen LogP contribution < -0.4 is 5.32 Å². The van der Waals surface area contributed by atoms with E-state index in [0.717, 1.165) is 6.07 Å². The maximum Gasteiger partial charge on any atom is 0.433 e. The summed E-state index contributed by atoms with van der Waals surface area (Å²) in [5.41, 5.74) is -1.02. The molecule has 0 radical (unpaired) electrons. The molecule has 6 nitrogen and oxygen atoms in total. The molecule has 0 spiro atoms. The van der Waals surface area contributed by atoms with Crippen molar-refractivity contribution in [3.8, 4) is 6.07 Å². The number of amides is 1. The number of pyridine rings is 1. The Morgan fingerprint density at radius 1 is 1.35 bits per heavy atom. The summed E-state index contributed by atoms with van der Waals surface area (Å²) in [6.07, 6.45) is -2.97.